The quantitative estimate of drug-likeness (QED) is 0.834. The third kappa shape index (κ3) is 6.49. The van der Waals surface area contributed by atoms with E-state index < -0.39 is 12.1 Å². The second-order valence-electron chi connectivity index (χ2n) is 7.85. The Balaban J connectivity index is 0.000000381. The first kappa shape index (κ1) is 21.7. The first-order valence-corrected chi connectivity index (χ1v) is 8.67. The molecule has 1 N–H and O–H groups in total. The Morgan fingerprint density at radius 2 is 1.52 bits per heavy atom. The second-order valence-corrected chi connectivity index (χ2v) is 7.85. The van der Waals surface area contributed by atoms with Crippen molar-refractivity contribution in [1.29, 1.82) is 0 Å². The highest BCUT2D eigenvalue weighted by Gasteiger charge is 2.46. The lowest BCUT2D eigenvalue weighted by atomic mass is 9.71. The lowest BCUT2D eigenvalue weighted by Gasteiger charge is -2.54. The molecule has 1 spiro atoms. The van der Waals surface area contributed by atoms with E-state index >= 15 is 0 Å². The highest BCUT2D eigenvalue weighted by molar-refractivity contribution is 5.79. The van der Waals surface area contributed by atoms with Crippen LogP contribution < -0.4 is 0 Å². The first-order chi connectivity index (χ1) is 11.4. The molecule has 2 aliphatic rings. The number of halogens is 3. The van der Waals surface area contributed by atoms with Crippen molar-refractivity contribution in [2.45, 2.75) is 46.7 Å². The van der Waals surface area contributed by atoms with Gasteiger partial charge in [0.15, 0.2) is 0 Å². The highest BCUT2D eigenvalue weighted by atomic mass is 19.4. The predicted molar refractivity (Wildman–Crippen MR) is 88.1 cm³/mol. The van der Waals surface area contributed by atoms with Gasteiger partial charge in [0.1, 0.15) is 0 Å². The number of nitrogens with zero attached hydrogens (tertiary/aromatic N) is 2. The van der Waals surface area contributed by atoms with E-state index in [4.69, 9.17) is 9.90 Å². The van der Waals surface area contributed by atoms with Gasteiger partial charge in [-0.2, -0.15) is 13.2 Å². The van der Waals surface area contributed by atoms with Gasteiger partial charge in [-0.05, 0) is 31.8 Å². The zero-order valence-electron chi connectivity index (χ0n) is 15.4. The number of likely N-dealkylation sites (tertiary alicyclic amines) is 2. The van der Waals surface area contributed by atoms with Gasteiger partial charge in [-0.15, -0.1) is 0 Å². The summed E-state index contributed by atoms with van der Waals surface area (Å²) < 4.78 is 31.7. The average Bonchev–Trinajstić information content (AvgIpc) is 2.44. The van der Waals surface area contributed by atoms with Gasteiger partial charge in [0, 0.05) is 31.0 Å². The van der Waals surface area contributed by atoms with Gasteiger partial charge in [0.05, 0.1) is 0 Å². The number of carbonyl (C=O) groups is 2. The Hall–Kier alpha value is -1.31. The van der Waals surface area contributed by atoms with Crippen LogP contribution in [-0.4, -0.2) is 65.7 Å². The fraction of sp³-hybridized carbons (Fsp3) is 0.882. The molecule has 0 aromatic rings. The van der Waals surface area contributed by atoms with Crippen molar-refractivity contribution in [3.63, 3.8) is 0 Å². The van der Waals surface area contributed by atoms with Gasteiger partial charge < -0.3 is 14.9 Å². The summed E-state index contributed by atoms with van der Waals surface area (Å²) in [5.74, 6) is -1.50. The number of hydrogen-bond acceptors (Lipinski definition) is 3. The van der Waals surface area contributed by atoms with E-state index in [2.05, 4.69) is 23.6 Å². The standard InChI is InChI=1S/C15H28N2O.C2HF3O2/c1-12(2)9-16-7-5-15(6-8-16)10-17(11-15)14(18)13(3)4;3-2(4,5)1(6)7/h12-13H,5-11H2,1-4H3;(H,6,7). The minimum atomic E-state index is -5.08. The molecule has 146 valence electrons. The van der Waals surface area contributed by atoms with Crippen molar-refractivity contribution in [3.05, 3.63) is 0 Å². The number of piperidine rings is 1. The molecule has 0 unspecified atom stereocenters. The zero-order valence-corrected chi connectivity index (χ0v) is 15.4. The molecule has 2 rings (SSSR count). The van der Waals surface area contributed by atoms with Crippen LogP contribution in [0.3, 0.4) is 0 Å². The molecule has 0 aromatic heterocycles. The maximum atomic E-state index is 11.9. The van der Waals surface area contributed by atoms with Crippen molar-refractivity contribution >= 4 is 11.9 Å². The van der Waals surface area contributed by atoms with Crippen LogP contribution in [0.1, 0.15) is 40.5 Å². The number of rotatable bonds is 3. The molecule has 2 heterocycles. The molecule has 5 nitrogen and oxygen atoms in total. The minimum absolute atomic E-state index is 0.156. The van der Waals surface area contributed by atoms with Crippen LogP contribution in [0.25, 0.3) is 0 Å². The van der Waals surface area contributed by atoms with Crippen molar-refractivity contribution in [3.8, 4) is 0 Å². The zero-order chi connectivity index (χ0) is 19.4. The van der Waals surface area contributed by atoms with Crippen LogP contribution in [-0.2, 0) is 9.59 Å². The second kappa shape index (κ2) is 8.38. The van der Waals surface area contributed by atoms with Gasteiger partial charge in [-0.25, -0.2) is 4.79 Å². The number of aliphatic carboxylic acids is 1. The predicted octanol–water partition coefficient (Wildman–Crippen LogP) is 2.86. The molecule has 0 bridgehead atoms. The third-order valence-electron chi connectivity index (χ3n) is 4.64. The number of amides is 1. The van der Waals surface area contributed by atoms with E-state index in [-0.39, 0.29) is 5.92 Å². The van der Waals surface area contributed by atoms with Gasteiger partial charge >= 0.3 is 12.1 Å². The molecule has 0 radical (unpaired) electrons. The Kier molecular flexibility index (Phi) is 7.28. The monoisotopic (exact) mass is 366 g/mol. The van der Waals surface area contributed by atoms with E-state index in [1.807, 2.05) is 13.8 Å². The van der Waals surface area contributed by atoms with Crippen LogP contribution in [0.15, 0.2) is 0 Å². The molecular formula is C17H29F3N2O3. The number of carbonyl (C=O) groups excluding carboxylic acids is 1. The molecule has 2 fully saturated rings. The molecule has 2 saturated heterocycles. The smallest absolute Gasteiger partial charge is 0.475 e. The number of carboxylic acids is 1. The Bertz CT molecular complexity index is 462. The maximum Gasteiger partial charge on any atom is 0.490 e. The molecule has 25 heavy (non-hydrogen) atoms. The average molecular weight is 366 g/mol. The number of alkyl halides is 3. The van der Waals surface area contributed by atoms with Gasteiger partial charge in [-0.1, -0.05) is 27.7 Å². The summed E-state index contributed by atoms with van der Waals surface area (Å²) in [6.45, 7) is 14.3. The van der Waals surface area contributed by atoms with Crippen LogP contribution >= 0.6 is 0 Å². The van der Waals surface area contributed by atoms with E-state index in [9.17, 15) is 18.0 Å². The first-order valence-electron chi connectivity index (χ1n) is 8.67. The van der Waals surface area contributed by atoms with E-state index in [0.717, 1.165) is 19.0 Å². The molecule has 0 atom stereocenters. The molecule has 2 aliphatic heterocycles. The van der Waals surface area contributed by atoms with Crippen molar-refractivity contribution in [2.75, 3.05) is 32.7 Å². The molecular weight excluding hydrogens is 337 g/mol. The van der Waals surface area contributed by atoms with Crippen molar-refractivity contribution in [2.24, 2.45) is 17.3 Å². The molecule has 1 amide bonds. The number of carboxylic acid groups (broad SMARTS) is 1. The molecule has 0 saturated carbocycles. The fourth-order valence-corrected chi connectivity index (χ4v) is 3.33. The summed E-state index contributed by atoms with van der Waals surface area (Å²) in [4.78, 5) is 25.4. The minimum Gasteiger partial charge on any atom is -0.475 e. The maximum absolute atomic E-state index is 11.9. The Labute approximate surface area is 147 Å². The van der Waals surface area contributed by atoms with Crippen LogP contribution in [0.5, 0.6) is 0 Å². The Morgan fingerprint density at radius 1 is 1.08 bits per heavy atom. The summed E-state index contributed by atoms with van der Waals surface area (Å²) in [7, 11) is 0. The van der Waals surface area contributed by atoms with E-state index in [0.29, 0.717) is 11.3 Å². The van der Waals surface area contributed by atoms with Gasteiger partial charge in [-0.3, -0.25) is 4.79 Å². The summed E-state index contributed by atoms with van der Waals surface area (Å²) in [6, 6.07) is 0. The summed E-state index contributed by atoms with van der Waals surface area (Å²) >= 11 is 0. The summed E-state index contributed by atoms with van der Waals surface area (Å²) in [5.41, 5.74) is 0.470. The Morgan fingerprint density at radius 3 is 1.84 bits per heavy atom. The lowest BCUT2D eigenvalue weighted by molar-refractivity contribution is -0.192. The summed E-state index contributed by atoms with van der Waals surface area (Å²) in [6.07, 6.45) is -2.52. The molecule has 0 aliphatic carbocycles. The summed E-state index contributed by atoms with van der Waals surface area (Å²) in [5, 5.41) is 7.12. The largest absolute Gasteiger partial charge is 0.490 e. The van der Waals surface area contributed by atoms with Crippen molar-refractivity contribution in [1.82, 2.24) is 9.80 Å². The van der Waals surface area contributed by atoms with Crippen LogP contribution in [0.2, 0.25) is 0 Å². The fourth-order valence-electron chi connectivity index (χ4n) is 3.33. The SMILES string of the molecule is CC(C)CN1CCC2(CC1)CN(C(=O)C(C)C)C2.O=C(O)C(F)(F)F. The topological polar surface area (TPSA) is 60.9 Å². The normalized spacial score (nSPS) is 20.3. The van der Waals surface area contributed by atoms with Crippen molar-refractivity contribution < 1.29 is 27.9 Å². The van der Waals surface area contributed by atoms with Gasteiger partial charge in [0.25, 0.3) is 0 Å². The van der Waals surface area contributed by atoms with E-state index in [1.165, 1.54) is 32.5 Å². The number of hydrogen-bond donors (Lipinski definition) is 1. The lowest BCUT2D eigenvalue weighted by Crippen LogP contribution is -2.62. The van der Waals surface area contributed by atoms with Crippen LogP contribution in [0, 0.1) is 17.3 Å². The molecule has 8 heteroatoms. The third-order valence-corrected chi connectivity index (χ3v) is 4.64. The highest BCUT2D eigenvalue weighted by Crippen LogP contribution is 2.41. The van der Waals surface area contributed by atoms with Gasteiger partial charge in [0.2, 0.25) is 5.91 Å². The van der Waals surface area contributed by atoms with E-state index in [1.54, 1.807) is 0 Å². The molecule has 0 aromatic carbocycles. The van der Waals surface area contributed by atoms with Crippen LogP contribution in [0.4, 0.5) is 13.2 Å².